The van der Waals surface area contributed by atoms with Crippen molar-refractivity contribution < 1.29 is 15.0 Å². The minimum atomic E-state index is -1.03. The molecule has 0 spiro atoms. The molecule has 0 amide bonds. The van der Waals surface area contributed by atoms with Gasteiger partial charge in [0.2, 0.25) is 0 Å². The number of Topliss-reactive ketones (excluding diaryl/α,β-unsaturated/α-hetero) is 1. The Hall–Kier alpha value is -0.940. The highest BCUT2D eigenvalue weighted by molar-refractivity contribution is 6.33. The van der Waals surface area contributed by atoms with Crippen LogP contribution in [0.3, 0.4) is 0 Å². The average molecular weight is 258 g/mol. The summed E-state index contributed by atoms with van der Waals surface area (Å²) in [6.45, 7) is 1.69. The minimum absolute atomic E-state index is 0.133. The van der Waals surface area contributed by atoms with E-state index in [2.05, 4.69) is 5.32 Å². The minimum Gasteiger partial charge on any atom is -0.389 e. The molecule has 1 aromatic rings. The predicted octanol–water partition coefficient (Wildman–Crippen LogP) is 1.16. The first-order valence-electron chi connectivity index (χ1n) is 5.28. The van der Waals surface area contributed by atoms with Crippen molar-refractivity contribution in [2.24, 2.45) is 0 Å². The molecule has 0 radical (unpaired) electrons. The number of carbonyl (C=O) groups excluding carboxylic acids is 1. The zero-order valence-electron chi connectivity index (χ0n) is 9.77. The predicted molar refractivity (Wildman–Crippen MR) is 66.3 cm³/mol. The molecule has 94 valence electrons. The van der Waals surface area contributed by atoms with Crippen molar-refractivity contribution in [3.63, 3.8) is 0 Å². The highest BCUT2D eigenvalue weighted by Crippen LogP contribution is 2.24. The van der Waals surface area contributed by atoms with E-state index < -0.39 is 12.2 Å². The number of carbonyl (C=O) groups is 1. The van der Waals surface area contributed by atoms with Crippen LogP contribution in [-0.2, 0) is 0 Å². The van der Waals surface area contributed by atoms with Gasteiger partial charge in [0.25, 0.3) is 0 Å². The fraction of sp³-hybridized carbons (Fsp3) is 0.417. The largest absolute Gasteiger partial charge is 0.389 e. The topological polar surface area (TPSA) is 69.6 Å². The lowest BCUT2D eigenvalue weighted by Gasteiger charge is -2.18. The Bertz CT molecular complexity index is 409. The lowest BCUT2D eigenvalue weighted by molar-refractivity contribution is 0.0202. The number of likely N-dealkylation sites (N-methyl/N-ethyl adjacent to an activating group) is 1. The number of hydrogen-bond donors (Lipinski definition) is 3. The number of aliphatic hydroxyl groups excluding tert-OH is 2. The summed E-state index contributed by atoms with van der Waals surface area (Å²) >= 11 is 5.92. The molecule has 0 saturated heterocycles. The van der Waals surface area contributed by atoms with Crippen molar-refractivity contribution in [1.82, 2.24) is 5.32 Å². The first kappa shape index (κ1) is 14.1. The average Bonchev–Trinajstić information content (AvgIpc) is 2.27. The molecule has 2 unspecified atom stereocenters. The number of nitrogens with one attached hydrogen (secondary N) is 1. The highest BCUT2D eigenvalue weighted by Gasteiger charge is 2.18. The molecule has 0 aromatic heterocycles. The van der Waals surface area contributed by atoms with E-state index in [1.165, 1.54) is 13.0 Å². The zero-order chi connectivity index (χ0) is 13.0. The van der Waals surface area contributed by atoms with Crippen LogP contribution in [0.25, 0.3) is 0 Å². The molecular weight excluding hydrogens is 242 g/mol. The quantitative estimate of drug-likeness (QED) is 0.693. The van der Waals surface area contributed by atoms with E-state index in [9.17, 15) is 15.0 Å². The number of halogens is 1. The molecule has 17 heavy (non-hydrogen) atoms. The van der Waals surface area contributed by atoms with E-state index >= 15 is 0 Å². The molecule has 0 aliphatic heterocycles. The van der Waals surface area contributed by atoms with Crippen LogP contribution in [0.1, 0.15) is 28.9 Å². The van der Waals surface area contributed by atoms with E-state index in [1.807, 2.05) is 0 Å². The van der Waals surface area contributed by atoms with Gasteiger partial charge in [-0.25, -0.2) is 0 Å². The third-order valence-corrected chi connectivity index (χ3v) is 2.80. The van der Waals surface area contributed by atoms with Gasteiger partial charge >= 0.3 is 0 Å². The second-order valence-electron chi connectivity index (χ2n) is 3.87. The zero-order valence-corrected chi connectivity index (χ0v) is 10.5. The molecular formula is C12H16ClNO3. The van der Waals surface area contributed by atoms with Crippen molar-refractivity contribution in [2.75, 3.05) is 13.6 Å². The van der Waals surface area contributed by atoms with Crippen LogP contribution in [0, 0.1) is 0 Å². The van der Waals surface area contributed by atoms with Gasteiger partial charge in [-0.3, -0.25) is 4.79 Å². The van der Waals surface area contributed by atoms with Gasteiger partial charge in [0, 0.05) is 12.1 Å². The molecule has 0 heterocycles. The third-order valence-electron chi connectivity index (χ3n) is 2.49. The van der Waals surface area contributed by atoms with E-state index in [0.717, 1.165) is 0 Å². The first-order chi connectivity index (χ1) is 7.97. The first-order valence-corrected chi connectivity index (χ1v) is 5.66. The van der Waals surface area contributed by atoms with Gasteiger partial charge in [0.15, 0.2) is 5.78 Å². The second-order valence-corrected chi connectivity index (χ2v) is 4.27. The fourth-order valence-electron chi connectivity index (χ4n) is 1.54. The molecule has 0 bridgehead atoms. The second kappa shape index (κ2) is 6.12. The molecule has 0 aliphatic carbocycles. The standard InChI is InChI=1S/C12H16ClNO3/c1-7(15)9-4-3-8(5-10(9)13)12(17)11(16)6-14-2/h3-5,11-12,14,16-17H,6H2,1-2H3. The van der Waals surface area contributed by atoms with Crippen LogP contribution >= 0.6 is 11.6 Å². The van der Waals surface area contributed by atoms with Crippen LogP contribution in [0.5, 0.6) is 0 Å². The van der Waals surface area contributed by atoms with Gasteiger partial charge in [0.05, 0.1) is 11.1 Å². The number of benzene rings is 1. The lowest BCUT2D eigenvalue weighted by atomic mass is 10.0. The summed E-state index contributed by atoms with van der Waals surface area (Å²) in [5.41, 5.74) is 0.897. The fourth-order valence-corrected chi connectivity index (χ4v) is 1.87. The monoisotopic (exact) mass is 257 g/mol. The Labute approximate surface area is 105 Å². The molecule has 0 fully saturated rings. The van der Waals surface area contributed by atoms with Crippen molar-refractivity contribution in [1.29, 1.82) is 0 Å². The van der Waals surface area contributed by atoms with Gasteiger partial charge < -0.3 is 15.5 Å². The van der Waals surface area contributed by atoms with E-state index in [1.54, 1.807) is 19.2 Å². The molecule has 3 N–H and O–H groups in total. The summed E-state index contributed by atoms with van der Waals surface area (Å²) in [6.07, 6.45) is -1.94. The third kappa shape index (κ3) is 3.51. The number of aliphatic hydroxyl groups is 2. The molecule has 0 aliphatic rings. The normalized spacial score (nSPS) is 14.4. The van der Waals surface area contributed by atoms with Gasteiger partial charge in [-0.2, -0.15) is 0 Å². The van der Waals surface area contributed by atoms with Gasteiger partial charge in [0.1, 0.15) is 6.10 Å². The molecule has 4 nitrogen and oxygen atoms in total. The van der Waals surface area contributed by atoms with Crippen molar-refractivity contribution in [3.05, 3.63) is 34.3 Å². The van der Waals surface area contributed by atoms with Gasteiger partial charge in [-0.1, -0.05) is 17.7 Å². The number of rotatable bonds is 5. The Morgan fingerprint density at radius 3 is 2.59 bits per heavy atom. The van der Waals surface area contributed by atoms with Crippen molar-refractivity contribution >= 4 is 17.4 Å². The Morgan fingerprint density at radius 1 is 1.47 bits per heavy atom. The molecule has 5 heteroatoms. The van der Waals surface area contributed by atoms with Crippen LogP contribution in [0.15, 0.2) is 18.2 Å². The van der Waals surface area contributed by atoms with Crippen molar-refractivity contribution in [2.45, 2.75) is 19.1 Å². The van der Waals surface area contributed by atoms with Crippen LogP contribution < -0.4 is 5.32 Å². The molecule has 2 atom stereocenters. The summed E-state index contributed by atoms with van der Waals surface area (Å²) in [4.78, 5) is 11.2. The van der Waals surface area contributed by atoms with Crippen LogP contribution in [0.4, 0.5) is 0 Å². The maximum atomic E-state index is 11.2. The van der Waals surface area contributed by atoms with Gasteiger partial charge in [-0.05, 0) is 31.7 Å². The molecule has 0 saturated carbocycles. The molecule has 1 aromatic carbocycles. The van der Waals surface area contributed by atoms with E-state index in [4.69, 9.17) is 11.6 Å². The SMILES string of the molecule is CNCC(O)C(O)c1ccc(C(C)=O)c(Cl)c1. The maximum Gasteiger partial charge on any atom is 0.161 e. The summed E-state index contributed by atoms with van der Waals surface area (Å²) < 4.78 is 0. The van der Waals surface area contributed by atoms with Crippen LogP contribution in [0.2, 0.25) is 5.02 Å². The van der Waals surface area contributed by atoms with Gasteiger partial charge in [-0.15, -0.1) is 0 Å². The van der Waals surface area contributed by atoms with Crippen LogP contribution in [-0.4, -0.2) is 35.7 Å². The Morgan fingerprint density at radius 2 is 2.12 bits per heavy atom. The Kier molecular flexibility index (Phi) is 5.08. The Balaban J connectivity index is 2.93. The lowest BCUT2D eigenvalue weighted by Crippen LogP contribution is -2.29. The highest BCUT2D eigenvalue weighted by atomic mass is 35.5. The summed E-state index contributed by atoms with van der Waals surface area (Å²) in [6, 6.07) is 4.64. The van der Waals surface area contributed by atoms with E-state index in [-0.39, 0.29) is 17.4 Å². The maximum absolute atomic E-state index is 11.2. The number of ketones is 1. The number of hydrogen-bond acceptors (Lipinski definition) is 4. The summed E-state index contributed by atoms with van der Waals surface area (Å²) in [5.74, 6) is -0.133. The molecule has 1 rings (SSSR count). The van der Waals surface area contributed by atoms with E-state index in [0.29, 0.717) is 11.1 Å². The van der Waals surface area contributed by atoms with Crippen molar-refractivity contribution in [3.8, 4) is 0 Å². The summed E-state index contributed by atoms with van der Waals surface area (Å²) in [5, 5.41) is 22.5. The smallest absolute Gasteiger partial charge is 0.161 e. The summed E-state index contributed by atoms with van der Waals surface area (Å²) in [7, 11) is 1.68.